The van der Waals surface area contributed by atoms with Crippen LogP contribution in [-0.4, -0.2) is 41.1 Å². The summed E-state index contributed by atoms with van der Waals surface area (Å²) >= 11 is 0. The Morgan fingerprint density at radius 3 is 2.26 bits per heavy atom. The molecule has 1 saturated heterocycles. The molecule has 3 aromatic rings. The maximum atomic E-state index is 15.8. The standard InChI is InChI=1S/C27H23F5N2O4/c28-21-19(17-6-2-1-3-7-17)24(38-26(37)27(30,31)32)22(29)23(35)20(21)25(36)34-11-9-16(10-12-34)18-8-4-5-15(13-18)14-33/h1-8,13,16,35H,9-12,14,33H2. The summed E-state index contributed by atoms with van der Waals surface area (Å²) in [5, 5.41) is 10.4. The van der Waals surface area contributed by atoms with Crippen LogP contribution in [0.25, 0.3) is 11.1 Å². The van der Waals surface area contributed by atoms with Gasteiger partial charge in [0.1, 0.15) is 5.56 Å². The Morgan fingerprint density at radius 1 is 1.00 bits per heavy atom. The number of phenolic OH excluding ortho intramolecular Hbond substituents is 1. The number of amides is 1. The van der Waals surface area contributed by atoms with E-state index in [2.05, 4.69) is 4.74 Å². The predicted molar refractivity (Wildman–Crippen MR) is 127 cm³/mol. The van der Waals surface area contributed by atoms with Crippen LogP contribution < -0.4 is 10.5 Å². The molecule has 200 valence electrons. The van der Waals surface area contributed by atoms with Crippen molar-refractivity contribution in [2.24, 2.45) is 5.73 Å². The quantitative estimate of drug-likeness (QED) is 0.264. The minimum absolute atomic E-state index is 0.0877. The van der Waals surface area contributed by atoms with Crippen LogP contribution in [0.5, 0.6) is 11.5 Å². The summed E-state index contributed by atoms with van der Waals surface area (Å²) < 4.78 is 73.6. The van der Waals surface area contributed by atoms with E-state index in [0.717, 1.165) is 11.1 Å². The third-order valence-corrected chi connectivity index (χ3v) is 6.45. The topological polar surface area (TPSA) is 92.9 Å². The van der Waals surface area contributed by atoms with Gasteiger partial charge in [-0.05, 0) is 35.4 Å². The molecule has 1 aliphatic heterocycles. The van der Waals surface area contributed by atoms with Crippen molar-refractivity contribution in [3.63, 3.8) is 0 Å². The summed E-state index contributed by atoms with van der Waals surface area (Å²) in [6, 6.07) is 14.4. The number of carbonyl (C=O) groups is 2. The predicted octanol–water partition coefficient (Wildman–Crippen LogP) is 5.28. The van der Waals surface area contributed by atoms with Gasteiger partial charge in [-0.3, -0.25) is 4.79 Å². The summed E-state index contributed by atoms with van der Waals surface area (Å²) in [6.07, 6.45) is -4.52. The number of hydrogen-bond acceptors (Lipinski definition) is 5. The third kappa shape index (κ3) is 5.33. The van der Waals surface area contributed by atoms with Crippen LogP contribution in [0.1, 0.15) is 40.2 Å². The van der Waals surface area contributed by atoms with E-state index < -0.39 is 52.3 Å². The molecule has 0 aliphatic carbocycles. The fraction of sp³-hybridized carbons (Fsp3) is 0.259. The number of nitrogens with zero attached hydrogens (tertiary/aromatic N) is 1. The molecule has 0 radical (unpaired) electrons. The first kappa shape index (κ1) is 27.1. The van der Waals surface area contributed by atoms with Gasteiger partial charge in [0.05, 0.1) is 5.56 Å². The summed E-state index contributed by atoms with van der Waals surface area (Å²) in [4.78, 5) is 25.9. The molecule has 0 spiro atoms. The van der Waals surface area contributed by atoms with Gasteiger partial charge in [0.25, 0.3) is 5.91 Å². The van der Waals surface area contributed by atoms with Crippen LogP contribution >= 0.6 is 0 Å². The normalized spacial score (nSPS) is 14.4. The van der Waals surface area contributed by atoms with Crippen LogP contribution in [0.4, 0.5) is 22.0 Å². The number of piperidine rings is 1. The number of ether oxygens (including phenoxy) is 1. The molecular weight excluding hydrogens is 511 g/mol. The van der Waals surface area contributed by atoms with Crippen molar-refractivity contribution in [1.82, 2.24) is 4.90 Å². The molecular formula is C27H23F5N2O4. The van der Waals surface area contributed by atoms with Crippen molar-refractivity contribution in [3.8, 4) is 22.6 Å². The van der Waals surface area contributed by atoms with E-state index in [0.29, 0.717) is 19.4 Å². The Balaban J connectivity index is 1.69. The average molecular weight is 534 g/mol. The number of halogens is 5. The zero-order valence-corrected chi connectivity index (χ0v) is 19.9. The summed E-state index contributed by atoms with van der Waals surface area (Å²) in [7, 11) is 0. The fourth-order valence-corrected chi connectivity index (χ4v) is 4.51. The molecule has 1 amide bonds. The highest BCUT2D eigenvalue weighted by atomic mass is 19.4. The number of likely N-dealkylation sites (tertiary alicyclic amines) is 1. The number of alkyl halides is 3. The molecule has 3 aromatic carbocycles. The molecule has 0 saturated carbocycles. The van der Waals surface area contributed by atoms with E-state index in [1.165, 1.54) is 35.2 Å². The number of phenols is 1. The molecule has 6 nitrogen and oxygen atoms in total. The second-order valence-electron chi connectivity index (χ2n) is 8.82. The highest BCUT2D eigenvalue weighted by Gasteiger charge is 2.43. The number of esters is 1. The largest absolute Gasteiger partial charge is 0.504 e. The Bertz CT molecular complexity index is 1350. The first-order valence-electron chi connectivity index (χ1n) is 11.7. The van der Waals surface area contributed by atoms with Crippen molar-refractivity contribution in [2.45, 2.75) is 31.5 Å². The number of hydrogen-bond donors (Lipinski definition) is 2. The van der Waals surface area contributed by atoms with Gasteiger partial charge in [0.2, 0.25) is 5.82 Å². The Labute approximate surface area is 214 Å². The maximum Gasteiger partial charge on any atom is 0.491 e. The number of aromatic hydroxyl groups is 1. The molecule has 4 rings (SSSR count). The molecule has 0 atom stereocenters. The van der Waals surface area contributed by atoms with E-state index in [1.807, 2.05) is 24.3 Å². The summed E-state index contributed by atoms with van der Waals surface area (Å²) in [5.41, 5.74) is 5.56. The fourth-order valence-electron chi connectivity index (χ4n) is 4.51. The number of nitrogens with two attached hydrogens (primary N) is 1. The van der Waals surface area contributed by atoms with Crippen LogP contribution in [-0.2, 0) is 11.3 Å². The first-order chi connectivity index (χ1) is 18.0. The zero-order valence-electron chi connectivity index (χ0n) is 19.9. The molecule has 1 heterocycles. The molecule has 38 heavy (non-hydrogen) atoms. The molecule has 11 heteroatoms. The Kier molecular flexibility index (Phi) is 7.68. The van der Waals surface area contributed by atoms with Crippen molar-refractivity contribution in [3.05, 3.63) is 82.9 Å². The zero-order chi connectivity index (χ0) is 27.6. The molecule has 0 unspecified atom stereocenters. The average Bonchev–Trinajstić information content (AvgIpc) is 2.91. The Hall–Kier alpha value is -3.99. The van der Waals surface area contributed by atoms with Gasteiger partial charge in [0.15, 0.2) is 17.3 Å². The minimum atomic E-state index is -5.52. The SMILES string of the molecule is NCc1cccc(C2CCN(C(=O)c3c(O)c(F)c(OC(=O)C(F)(F)F)c(-c4ccccc4)c3F)CC2)c1. The lowest BCUT2D eigenvalue weighted by atomic mass is 9.88. The summed E-state index contributed by atoms with van der Waals surface area (Å²) in [6.45, 7) is 0.679. The second kappa shape index (κ2) is 10.8. The third-order valence-electron chi connectivity index (χ3n) is 6.45. The first-order valence-corrected chi connectivity index (χ1v) is 11.7. The van der Waals surface area contributed by atoms with Gasteiger partial charge in [-0.15, -0.1) is 0 Å². The molecule has 0 aromatic heterocycles. The van der Waals surface area contributed by atoms with Crippen LogP contribution in [0.3, 0.4) is 0 Å². The van der Waals surface area contributed by atoms with Gasteiger partial charge in [-0.2, -0.15) is 17.6 Å². The van der Waals surface area contributed by atoms with E-state index in [4.69, 9.17) is 5.73 Å². The van der Waals surface area contributed by atoms with Crippen LogP contribution in [0.15, 0.2) is 54.6 Å². The van der Waals surface area contributed by atoms with Crippen molar-refractivity contribution in [2.75, 3.05) is 13.1 Å². The van der Waals surface area contributed by atoms with Crippen molar-refractivity contribution in [1.29, 1.82) is 0 Å². The number of rotatable bonds is 5. The maximum absolute atomic E-state index is 15.8. The van der Waals surface area contributed by atoms with Crippen LogP contribution in [0, 0.1) is 11.6 Å². The second-order valence-corrected chi connectivity index (χ2v) is 8.82. The lowest BCUT2D eigenvalue weighted by Gasteiger charge is -2.33. The lowest BCUT2D eigenvalue weighted by Crippen LogP contribution is -2.38. The van der Waals surface area contributed by atoms with Gasteiger partial charge < -0.3 is 20.5 Å². The van der Waals surface area contributed by atoms with Gasteiger partial charge >= 0.3 is 12.1 Å². The van der Waals surface area contributed by atoms with Gasteiger partial charge in [-0.25, -0.2) is 9.18 Å². The highest BCUT2D eigenvalue weighted by Crippen LogP contribution is 2.43. The van der Waals surface area contributed by atoms with E-state index in [1.54, 1.807) is 0 Å². The summed E-state index contributed by atoms with van der Waals surface area (Å²) in [5.74, 6) is -10.2. The van der Waals surface area contributed by atoms with E-state index >= 15 is 8.78 Å². The Morgan fingerprint density at radius 2 is 1.66 bits per heavy atom. The number of benzene rings is 3. The molecule has 1 fully saturated rings. The molecule has 3 N–H and O–H groups in total. The van der Waals surface area contributed by atoms with Gasteiger partial charge in [0, 0.05) is 19.6 Å². The molecule has 1 aliphatic rings. The van der Waals surface area contributed by atoms with Crippen LogP contribution in [0.2, 0.25) is 0 Å². The minimum Gasteiger partial charge on any atom is -0.504 e. The van der Waals surface area contributed by atoms with Crippen molar-refractivity contribution >= 4 is 11.9 Å². The van der Waals surface area contributed by atoms with Crippen molar-refractivity contribution < 1.29 is 41.4 Å². The van der Waals surface area contributed by atoms with E-state index in [-0.39, 0.29) is 24.6 Å². The molecule has 0 bridgehead atoms. The monoisotopic (exact) mass is 534 g/mol. The highest BCUT2D eigenvalue weighted by molar-refractivity contribution is 6.00. The number of carbonyl (C=O) groups excluding carboxylic acids is 2. The van der Waals surface area contributed by atoms with Gasteiger partial charge in [-0.1, -0.05) is 54.6 Å². The van der Waals surface area contributed by atoms with E-state index in [9.17, 15) is 27.9 Å². The lowest BCUT2D eigenvalue weighted by molar-refractivity contribution is -0.189. The smallest absolute Gasteiger partial charge is 0.491 e.